The van der Waals surface area contributed by atoms with Crippen LogP contribution in [0.5, 0.6) is 0 Å². The second-order valence-electron chi connectivity index (χ2n) is 7.79. The van der Waals surface area contributed by atoms with Crippen molar-refractivity contribution in [3.63, 3.8) is 0 Å². The molecule has 0 amide bonds. The Hall–Kier alpha value is -1.70. The third kappa shape index (κ3) is 4.25. The minimum atomic E-state index is 0.516. The van der Waals surface area contributed by atoms with E-state index in [2.05, 4.69) is 32.1 Å². The molecule has 0 radical (unpaired) electrons. The van der Waals surface area contributed by atoms with Crippen molar-refractivity contribution in [1.82, 2.24) is 25.2 Å². The van der Waals surface area contributed by atoms with Gasteiger partial charge >= 0.3 is 0 Å². The van der Waals surface area contributed by atoms with E-state index >= 15 is 0 Å². The number of aromatic amines is 1. The van der Waals surface area contributed by atoms with Crippen LogP contribution in [0, 0.1) is 6.92 Å². The van der Waals surface area contributed by atoms with E-state index in [1.54, 1.807) is 0 Å². The molecule has 148 valence electrons. The zero-order valence-electron chi connectivity index (χ0n) is 16.5. The van der Waals surface area contributed by atoms with Crippen LogP contribution in [-0.4, -0.2) is 64.5 Å². The van der Waals surface area contributed by atoms with Gasteiger partial charge in [0, 0.05) is 55.5 Å². The zero-order valence-corrected chi connectivity index (χ0v) is 16.5. The number of ether oxygens (including phenoxy) is 1. The quantitative estimate of drug-likeness (QED) is 0.839. The first-order chi connectivity index (χ1) is 13.2. The van der Waals surface area contributed by atoms with E-state index in [1.165, 1.54) is 29.7 Å². The van der Waals surface area contributed by atoms with Crippen LogP contribution in [0.2, 0.25) is 0 Å². The molecular weight excluding hydrogens is 342 g/mol. The zero-order chi connectivity index (χ0) is 18.6. The maximum Gasteiger partial charge on any atom is 0.138 e. The molecule has 1 atom stereocenters. The molecule has 2 fully saturated rings. The van der Waals surface area contributed by atoms with Gasteiger partial charge in [-0.05, 0) is 32.7 Å². The number of morpholine rings is 1. The monoisotopic (exact) mass is 373 g/mol. The summed E-state index contributed by atoms with van der Waals surface area (Å²) in [7, 11) is 0. The Balaban J connectivity index is 1.42. The molecule has 2 aromatic rings. The molecule has 2 aliphatic heterocycles. The predicted molar refractivity (Wildman–Crippen MR) is 103 cm³/mol. The minimum Gasteiger partial charge on any atom is -0.379 e. The molecular formula is C20H31N5O2. The summed E-state index contributed by atoms with van der Waals surface area (Å²) in [6.45, 7) is 12.0. The Kier molecular flexibility index (Phi) is 5.90. The number of aryl methyl sites for hydroxylation is 2. The van der Waals surface area contributed by atoms with Crippen molar-refractivity contribution in [3.05, 3.63) is 34.5 Å². The van der Waals surface area contributed by atoms with Crippen molar-refractivity contribution in [2.75, 3.05) is 39.4 Å². The van der Waals surface area contributed by atoms with Crippen molar-refractivity contribution in [3.8, 4) is 0 Å². The molecule has 1 N–H and O–H groups in total. The van der Waals surface area contributed by atoms with Crippen LogP contribution >= 0.6 is 0 Å². The third-order valence-corrected chi connectivity index (χ3v) is 5.95. The van der Waals surface area contributed by atoms with Gasteiger partial charge in [0.1, 0.15) is 5.76 Å². The van der Waals surface area contributed by atoms with Gasteiger partial charge in [0.05, 0.1) is 25.1 Å². The summed E-state index contributed by atoms with van der Waals surface area (Å²) in [6, 6.07) is 0. The molecule has 2 aliphatic rings. The van der Waals surface area contributed by atoms with Gasteiger partial charge in [-0.15, -0.1) is 0 Å². The average molecular weight is 374 g/mol. The second kappa shape index (κ2) is 8.54. The highest BCUT2D eigenvalue weighted by atomic mass is 16.5. The molecule has 4 heterocycles. The molecule has 0 spiro atoms. The summed E-state index contributed by atoms with van der Waals surface area (Å²) in [5.41, 5.74) is 5.04. The van der Waals surface area contributed by atoms with Crippen LogP contribution < -0.4 is 0 Å². The molecule has 0 bridgehead atoms. The van der Waals surface area contributed by atoms with E-state index in [9.17, 15) is 0 Å². The number of hydrogen-bond acceptors (Lipinski definition) is 6. The summed E-state index contributed by atoms with van der Waals surface area (Å²) in [5, 5.41) is 11.9. The maximum atomic E-state index is 5.47. The van der Waals surface area contributed by atoms with E-state index < -0.39 is 0 Å². The van der Waals surface area contributed by atoms with Gasteiger partial charge in [-0.3, -0.25) is 14.9 Å². The van der Waals surface area contributed by atoms with Crippen LogP contribution in [0.1, 0.15) is 54.0 Å². The van der Waals surface area contributed by atoms with Crippen LogP contribution in [0.4, 0.5) is 0 Å². The highest BCUT2D eigenvalue weighted by Gasteiger charge is 2.27. The molecule has 4 rings (SSSR count). The second-order valence-corrected chi connectivity index (χ2v) is 7.79. The summed E-state index contributed by atoms with van der Waals surface area (Å²) >= 11 is 0. The minimum absolute atomic E-state index is 0.516. The Bertz CT molecular complexity index is 735. The fourth-order valence-electron chi connectivity index (χ4n) is 4.38. The molecule has 7 heteroatoms. The van der Waals surface area contributed by atoms with Crippen molar-refractivity contribution in [1.29, 1.82) is 0 Å². The number of nitrogens with zero attached hydrogens (tertiary/aromatic N) is 4. The smallest absolute Gasteiger partial charge is 0.138 e. The van der Waals surface area contributed by atoms with E-state index in [-0.39, 0.29) is 0 Å². The van der Waals surface area contributed by atoms with Crippen LogP contribution in [0.15, 0.2) is 10.7 Å². The van der Waals surface area contributed by atoms with Crippen molar-refractivity contribution < 1.29 is 9.26 Å². The molecule has 7 nitrogen and oxygen atoms in total. The van der Waals surface area contributed by atoms with Gasteiger partial charge in [-0.25, -0.2) is 0 Å². The largest absolute Gasteiger partial charge is 0.379 e. The van der Waals surface area contributed by atoms with Crippen molar-refractivity contribution in [2.24, 2.45) is 0 Å². The Morgan fingerprint density at radius 2 is 2.04 bits per heavy atom. The van der Waals surface area contributed by atoms with Gasteiger partial charge in [0.15, 0.2) is 0 Å². The van der Waals surface area contributed by atoms with Crippen molar-refractivity contribution in [2.45, 2.75) is 52.1 Å². The first kappa shape index (κ1) is 18.7. The lowest BCUT2D eigenvalue weighted by molar-refractivity contribution is 0.0339. The molecule has 0 aromatic carbocycles. The number of likely N-dealkylation sites (tertiary alicyclic amines) is 1. The van der Waals surface area contributed by atoms with Gasteiger partial charge < -0.3 is 9.26 Å². The number of nitrogens with one attached hydrogen (secondary N) is 1. The Morgan fingerprint density at radius 3 is 2.85 bits per heavy atom. The highest BCUT2D eigenvalue weighted by molar-refractivity contribution is 5.24. The van der Waals surface area contributed by atoms with E-state index in [4.69, 9.17) is 9.26 Å². The maximum absolute atomic E-state index is 5.47. The normalized spacial score (nSPS) is 22.4. The number of aromatic nitrogens is 3. The molecule has 0 saturated carbocycles. The predicted octanol–water partition coefficient (Wildman–Crippen LogP) is 2.48. The van der Waals surface area contributed by atoms with E-state index in [0.29, 0.717) is 5.92 Å². The lowest BCUT2D eigenvalue weighted by Crippen LogP contribution is -2.37. The summed E-state index contributed by atoms with van der Waals surface area (Å²) in [4.78, 5) is 5.01. The number of piperidine rings is 1. The lowest BCUT2D eigenvalue weighted by Gasteiger charge is -2.33. The fourth-order valence-corrected chi connectivity index (χ4v) is 4.38. The van der Waals surface area contributed by atoms with Gasteiger partial charge in [0.2, 0.25) is 0 Å². The first-order valence-corrected chi connectivity index (χ1v) is 10.2. The van der Waals surface area contributed by atoms with Gasteiger partial charge in [-0.1, -0.05) is 12.1 Å². The standard InChI is InChI=1S/C20H31N5O2/c1-3-19-18(15(2)27-23-19)14-25-6-4-5-16(12-25)20-17(11-21-22-20)13-24-7-9-26-10-8-24/h11,16H,3-10,12-14H2,1-2H3,(H,21,22). The van der Waals surface area contributed by atoms with Crippen LogP contribution in [0.3, 0.4) is 0 Å². The summed E-state index contributed by atoms with van der Waals surface area (Å²) < 4.78 is 10.9. The molecule has 1 unspecified atom stereocenters. The van der Waals surface area contributed by atoms with Gasteiger partial charge in [-0.2, -0.15) is 5.10 Å². The van der Waals surface area contributed by atoms with Gasteiger partial charge in [0.25, 0.3) is 0 Å². The highest BCUT2D eigenvalue weighted by Crippen LogP contribution is 2.30. The Morgan fingerprint density at radius 1 is 1.19 bits per heavy atom. The van der Waals surface area contributed by atoms with Crippen LogP contribution in [-0.2, 0) is 24.2 Å². The molecule has 2 saturated heterocycles. The SMILES string of the molecule is CCc1noc(C)c1CN1CCCC(c2[nH]ncc2CN2CCOCC2)C1. The lowest BCUT2D eigenvalue weighted by atomic mass is 9.92. The fraction of sp³-hybridized carbons (Fsp3) is 0.700. The number of rotatable bonds is 6. The average Bonchev–Trinajstić information content (AvgIpc) is 3.30. The third-order valence-electron chi connectivity index (χ3n) is 5.95. The summed E-state index contributed by atoms with van der Waals surface area (Å²) in [5.74, 6) is 1.48. The summed E-state index contributed by atoms with van der Waals surface area (Å²) in [6.07, 6.45) is 5.38. The first-order valence-electron chi connectivity index (χ1n) is 10.2. The van der Waals surface area contributed by atoms with Crippen molar-refractivity contribution >= 4 is 0 Å². The molecule has 27 heavy (non-hydrogen) atoms. The number of hydrogen-bond donors (Lipinski definition) is 1. The topological polar surface area (TPSA) is 70.4 Å². The van der Waals surface area contributed by atoms with E-state index in [1.807, 2.05) is 13.1 Å². The number of H-pyrrole nitrogens is 1. The molecule has 0 aliphatic carbocycles. The molecule has 2 aromatic heterocycles. The Labute approximate surface area is 161 Å². The van der Waals surface area contributed by atoms with E-state index in [0.717, 1.165) is 70.4 Å². The van der Waals surface area contributed by atoms with Crippen LogP contribution in [0.25, 0.3) is 0 Å².